The van der Waals surface area contributed by atoms with Crippen molar-refractivity contribution in [2.75, 3.05) is 53.4 Å². The first-order valence-corrected chi connectivity index (χ1v) is 8.25. The number of nitrogens with zero attached hydrogens (tertiary/aromatic N) is 3. The number of rotatable bonds is 1. The molecule has 0 aromatic carbocycles. The predicted molar refractivity (Wildman–Crippen MR) is 78.2 cm³/mol. The highest BCUT2D eigenvalue weighted by molar-refractivity contribution is 5.03. The Kier molecular flexibility index (Phi) is 2.95. The van der Waals surface area contributed by atoms with Gasteiger partial charge in [-0.2, -0.15) is 0 Å². The molecule has 3 heterocycles. The summed E-state index contributed by atoms with van der Waals surface area (Å²) in [5.41, 5.74) is 0.723. The van der Waals surface area contributed by atoms with Crippen LogP contribution in [0, 0.1) is 17.3 Å². The minimum atomic E-state index is 0.723. The van der Waals surface area contributed by atoms with Gasteiger partial charge in [-0.05, 0) is 70.1 Å². The molecule has 19 heavy (non-hydrogen) atoms. The van der Waals surface area contributed by atoms with Crippen molar-refractivity contribution in [2.24, 2.45) is 17.3 Å². The zero-order chi connectivity index (χ0) is 13.0. The summed E-state index contributed by atoms with van der Waals surface area (Å²) >= 11 is 0. The number of fused-ring (bicyclic) bond motifs is 1. The maximum Gasteiger partial charge on any atom is 0.0102 e. The van der Waals surface area contributed by atoms with E-state index >= 15 is 0 Å². The van der Waals surface area contributed by atoms with Gasteiger partial charge < -0.3 is 9.80 Å². The van der Waals surface area contributed by atoms with Gasteiger partial charge in [-0.15, -0.1) is 0 Å². The van der Waals surface area contributed by atoms with E-state index in [0.717, 1.165) is 23.3 Å². The first kappa shape index (κ1) is 12.6. The quantitative estimate of drug-likeness (QED) is 0.707. The standard InChI is InChI=1S/C16H29N3/c1-17-5-3-16(4-6-17)11-19(12-16)15-7-13-9-18(2)10-14(13)8-15/h13-15H,3-12H2,1-2H3. The summed E-state index contributed by atoms with van der Waals surface area (Å²) in [5.74, 6) is 2.04. The van der Waals surface area contributed by atoms with E-state index in [0.29, 0.717) is 0 Å². The molecule has 2 unspecified atom stereocenters. The topological polar surface area (TPSA) is 9.72 Å². The first-order chi connectivity index (χ1) is 9.13. The van der Waals surface area contributed by atoms with Gasteiger partial charge in [0.15, 0.2) is 0 Å². The van der Waals surface area contributed by atoms with E-state index in [2.05, 4.69) is 28.8 Å². The Bertz CT molecular complexity index is 326. The fourth-order valence-electron chi connectivity index (χ4n) is 5.28. The molecular formula is C16H29N3. The van der Waals surface area contributed by atoms with Crippen LogP contribution in [0.25, 0.3) is 0 Å². The largest absolute Gasteiger partial charge is 0.306 e. The van der Waals surface area contributed by atoms with Crippen LogP contribution >= 0.6 is 0 Å². The summed E-state index contributed by atoms with van der Waals surface area (Å²) < 4.78 is 0. The van der Waals surface area contributed by atoms with Crippen molar-refractivity contribution in [3.63, 3.8) is 0 Å². The van der Waals surface area contributed by atoms with Gasteiger partial charge in [0.25, 0.3) is 0 Å². The summed E-state index contributed by atoms with van der Waals surface area (Å²) in [6, 6.07) is 0.939. The monoisotopic (exact) mass is 263 g/mol. The molecular weight excluding hydrogens is 234 g/mol. The minimum absolute atomic E-state index is 0.723. The molecule has 0 bridgehead atoms. The molecule has 4 aliphatic rings. The molecule has 108 valence electrons. The summed E-state index contributed by atoms with van der Waals surface area (Å²) in [7, 11) is 4.57. The normalized spacial score (nSPS) is 43.6. The minimum Gasteiger partial charge on any atom is -0.306 e. The Morgan fingerprint density at radius 1 is 0.842 bits per heavy atom. The van der Waals surface area contributed by atoms with Gasteiger partial charge >= 0.3 is 0 Å². The fourth-order valence-corrected chi connectivity index (χ4v) is 5.28. The smallest absolute Gasteiger partial charge is 0.0102 e. The second-order valence-corrected chi connectivity index (χ2v) is 8.07. The van der Waals surface area contributed by atoms with Crippen LogP contribution in [0.2, 0.25) is 0 Å². The van der Waals surface area contributed by atoms with Crippen LogP contribution < -0.4 is 0 Å². The highest BCUT2D eigenvalue weighted by atomic mass is 15.3. The maximum atomic E-state index is 2.84. The predicted octanol–water partition coefficient (Wildman–Crippen LogP) is 1.35. The van der Waals surface area contributed by atoms with E-state index in [1.165, 1.54) is 65.0 Å². The van der Waals surface area contributed by atoms with Crippen molar-refractivity contribution in [3.8, 4) is 0 Å². The van der Waals surface area contributed by atoms with Crippen molar-refractivity contribution >= 4 is 0 Å². The third-order valence-corrected chi connectivity index (χ3v) is 6.55. The lowest BCUT2D eigenvalue weighted by atomic mass is 9.71. The summed E-state index contributed by atoms with van der Waals surface area (Å²) in [5, 5.41) is 0. The molecule has 1 saturated carbocycles. The molecule has 2 atom stereocenters. The molecule has 1 spiro atoms. The van der Waals surface area contributed by atoms with Crippen molar-refractivity contribution in [1.29, 1.82) is 0 Å². The lowest BCUT2D eigenvalue weighted by Gasteiger charge is -2.56. The highest BCUT2D eigenvalue weighted by Gasteiger charge is 2.50. The van der Waals surface area contributed by atoms with Crippen LogP contribution in [-0.2, 0) is 0 Å². The third-order valence-electron chi connectivity index (χ3n) is 6.55. The molecule has 0 aromatic heterocycles. The van der Waals surface area contributed by atoms with Crippen LogP contribution in [0.1, 0.15) is 25.7 Å². The van der Waals surface area contributed by atoms with Crippen molar-refractivity contribution in [2.45, 2.75) is 31.7 Å². The van der Waals surface area contributed by atoms with Gasteiger partial charge in [-0.1, -0.05) is 0 Å². The number of hydrogen-bond acceptors (Lipinski definition) is 3. The summed E-state index contributed by atoms with van der Waals surface area (Å²) in [6.45, 7) is 8.22. The summed E-state index contributed by atoms with van der Waals surface area (Å²) in [4.78, 5) is 7.88. The average Bonchev–Trinajstić information content (AvgIpc) is 2.84. The Morgan fingerprint density at radius 2 is 1.42 bits per heavy atom. The lowest BCUT2D eigenvalue weighted by Crippen LogP contribution is -2.62. The Morgan fingerprint density at radius 3 is 2.00 bits per heavy atom. The van der Waals surface area contributed by atoms with Gasteiger partial charge in [-0.25, -0.2) is 0 Å². The summed E-state index contributed by atoms with van der Waals surface area (Å²) in [6.07, 6.45) is 5.88. The number of likely N-dealkylation sites (tertiary alicyclic amines) is 3. The van der Waals surface area contributed by atoms with Crippen molar-refractivity contribution in [1.82, 2.24) is 14.7 Å². The van der Waals surface area contributed by atoms with E-state index in [1.54, 1.807) is 0 Å². The molecule has 4 fully saturated rings. The van der Waals surface area contributed by atoms with E-state index in [-0.39, 0.29) is 0 Å². The Labute approximate surface area is 117 Å². The molecule has 0 aromatic rings. The molecule has 3 nitrogen and oxygen atoms in total. The number of hydrogen-bond donors (Lipinski definition) is 0. The molecule has 3 heteroatoms. The SMILES string of the molecule is CN1CCC2(CC1)CN(C1CC3CN(C)CC3C1)C2. The molecule has 1 aliphatic carbocycles. The van der Waals surface area contributed by atoms with E-state index in [4.69, 9.17) is 0 Å². The van der Waals surface area contributed by atoms with E-state index in [1.807, 2.05) is 0 Å². The Hall–Kier alpha value is -0.120. The molecule has 3 aliphatic heterocycles. The zero-order valence-electron chi connectivity index (χ0n) is 12.6. The van der Waals surface area contributed by atoms with Crippen LogP contribution in [0.15, 0.2) is 0 Å². The van der Waals surface area contributed by atoms with Crippen LogP contribution in [-0.4, -0.2) is 74.1 Å². The third kappa shape index (κ3) is 2.14. The molecule has 0 N–H and O–H groups in total. The zero-order valence-corrected chi connectivity index (χ0v) is 12.6. The van der Waals surface area contributed by atoms with Gasteiger partial charge in [0.05, 0.1) is 0 Å². The molecule has 0 radical (unpaired) electrons. The van der Waals surface area contributed by atoms with Gasteiger partial charge in [0.1, 0.15) is 0 Å². The van der Waals surface area contributed by atoms with Gasteiger partial charge in [-0.3, -0.25) is 4.90 Å². The van der Waals surface area contributed by atoms with Crippen molar-refractivity contribution < 1.29 is 0 Å². The average molecular weight is 263 g/mol. The fraction of sp³-hybridized carbons (Fsp3) is 1.00. The lowest BCUT2D eigenvalue weighted by molar-refractivity contribution is -0.0664. The van der Waals surface area contributed by atoms with Crippen molar-refractivity contribution in [3.05, 3.63) is 0 Å². The highest BCUT2D eigenvalue weighted by Crippen LogP contribution is 2.46. The molecule has 3 saturated heterocycles. The van der Waals surface area contributed by atoms with Crippen LogP contribution in [0.4, 0.5) is 0 Å². The molecule has 4 rings (SSSR count). The van der Waals surface area contributed by atoms with Crippen LogP contribution in [0.3, 0.4) is 0 Å². The first-order valence-electron chi connectivity index (χ1n) is 8.25. The molecule has 0 amide bonds. The van der Waals surface area contributed by atoms with Crippen LogP contribution in [0.5, 0.6) is 0 Å². The van der Waals surface area contributed by atoms with E-state index in [9.17, 15) is 0 Å². The number of piperidine rings is 1. The second-order valence-electron chi connectivity index (χ2n) is 8.07. The Balaban J connectivity index is 1.30. The van der Waals surface area contributed by atoms with Gasteiger partial charge in [0, 0.05) is 32.2 Å². The maximum absolute atomic E-state index is 2.84. The van der Waals surface area contributed by atoms with E-state index < -0.39 is 0 Å². The van der Waals surface area contributed by atoms with Gasteiger partial charge in [0.2, 0.25) is 0 Å². The second kappa shape index (κ2) is 4.44.